The van der Waals surface area contributed by atoms with Gasteiger partial charge in [0.1, 0.15) is 0 Å². The fourth-order valence-corrected chi connectivity index (χ4v) is 2.15. The van der Waals surface area contributed by atoms with Crippen molar-refractivity contribution in [2.45, 2.75) is 39.2 Å². The molecule has 0 aromatic heterocycles. The average molecular weight is 187 g/mol. The Bertz CT molecular complexity index is 379. The van der Waals surface area contributed by atoms with E-state index in [1.165, 1.54) is 16.8 Å². The van der Waals surface area contributed by atoms with Crippen LogP contribution in [-0.2, 0) is 6.42 Å². The molecule has 1 heteroatoms. The second-order valence-corrected chi connectivity index (χ2v) is 4.38. The van der Waals surface area contributed by atoms with E-state index in [9.17, 15) is 0 Å². The first kappa shape index (κ1) is 9.45. The summed E-state index contributed by atoms with van der Waals surface area (Å²) in [5, 5.41) is 0. The molecule has 0 saturated heterocycles. The molecule has 0 amide bonds. The van der Waals surface area contributed by atoms with Gasteiger partial charge in [-0.05, 0) is 37.8 Å². The van der Waals surface area contributed by atoms with Gasteiger partial charge in [-0.3, -0.25) is 4.99 Å². The molecule has 1 heterocycles. The minimum Gasteiger partial charge on any atom is -0.283 e. The van der Waals surface area contributed by atoms with E-state index in [1.807, 2.05) is 0 Å². The van der Waals surface area contributed by atoms with Crippen LogP contribution >= 0.6 is 0 Å². The molecule has 1 aliphatic rings. The molecule has 0 fully saturated rings. The molecule has 74 valence electrons. The normalized spacial score (nSPS) is 25.5. The molecule has 0 N–H and O–H groups in total. The van der Waals surface area contributed by atoms with Crippen LogP contribution in [0.4, 0.5) is 0 Å². The summed E-state index contributed by atoms with van der Waals surface area (Å²) in [5.74, 6) is 0. The molecule has 1 aliphatic heterocycles. The summed E-state index contributed by atoms with van der Waals surface area (Å²) in [6.45, 7) is 6.57. The van der Waals surface area contributed by atoms with Crippen molar-refractivity contribution in [3.63, 3.8) is 0 Å². The lowest BCUT2D eigenvalue weighted by atomic mass is 9.84. The summed E-state index contributed by atoms with van der Waals surface area (Å²) in [6, 6.07) is 8.60. The van der Waals surface area contributed by atoms with Crippen molar-refractivity contribution in [1.29, 1.82) is 0 Å². The molecule has 14 heavy (non-hydrogen) atoms. The Morgan fingerprint density at radius 3 is 2.79 bits per heavy atom. The summed E-state index contributed by atoms with van der Waals surface area (Å²) in [5.41, 5.74) is 4.09. The van der Waals surface area contributed by atoms with E-state index >= 15 is 0 Å². The zero-order valence-electron chi connectivity index (χ0n) is 9.17. The first-order valence-corrected chi connectivity index (χ1v) is 5.29. The third-order valence-electron chi connectivity index (χ3n) is 3.18. The fourth-order valence-electron chi connectivity index (χ4n) is 2.15. The number of hydrogen-bond donors (Lipinski definition) is 0. The molecule has 1 aromatic rings. The molecule has 2 rings (SSSR count). The standard InChI is InChI=1S/C13H17N/c1-4-13(3)9-11-7-5-6-8-12(11)10(2)14-13/h5-8H,4,9H2,1-3H3. The lowest BCUT2D eigenvalue weighted by molar-refractivity contribution is 0.447. The summed E-state index contributed by atoms with van der Waals surface area (Å²) in [7, 11) is 0. The van der Waals surface area contributed by atoms with Crippen molar-refractivity contribution < 1.29 is 0 Å². The quantitative estimate of drug-likeness (QED) is 0.640. The molecule has 1 unspecified atom stereocenters. The van der Waals surface area contributed by atoms with Crippen LogP contribution in [0.25, 0.3) is 0 Å². The predicted molar refractivity (Wildman–Crippen MR) is 61.1 cm³/mol. The minimum atomic E-state index is 0.123. The Hall–Kier alpha value is -1.11. The number of aliphatic imine (C=N–C) groups is 1. The second-order valence-electron chi connectivity index (χ2n) is 4.38. The monoisotopic (exact) mass is 187 g/mol. The van der Waals surface area contributed by atoms with Crippen LogP contribution < -0.4 is 0 Å². The van der Waals surface area contributed by atoms with Crippen LogP contribution in [0.15, 0.2) is 29.3 Å². The third-order valence-corrected chi connectivity index (χ3v) is 3.18. The summed E-state index contributed by atoms with van der Waals surface area (Å²) < 4.78 is 0. The summed E-state index contributed by atoms with van der Waals surface area (Å²) >= 11 is 0. The van der Waals surface area contributed by atoms with Crippen LogP contribution in [0.2, 0.25) is 0 Å². The van der Waals surface area contributed by atoms with Gasteiger partial charge in [0.2, 0.25) is 0 Å². The van der Waals surface area contributed by atoms with E-state index in [4.69, 9.17) is 4.99 Å². The molecule has 0 aliphatic carbocycles. The lowest BCUT2D eigenvalue weighted by Crippen LogP contribution is -2.30. The number of rotatable bonds is 1. The maximum Gasteiger partial charge on any atom is 0.0621 e. The Balaban J connectivity index is 2.49. The van der Waals surface area contributed by atoms with E-state index in [0.29, 0.717) is 0 Å². The molecular formula is C13H17N. The number of fused-ring (bicyclic) bond motifs is 1. The topological polar surface area (TPSA) is 12.4 Å². The molecule has 0 saturated carbocycles. The smallest absolute Gasteiger partial charge is 0.0621 e. The summed E-state index contributed by atoms with van der Waals surface area (Å²) in [6.07, 6.45) is 2.19. The van der Waals surface area contributed by atoms with Gasteiger partial charge in [0, 0.05) is 5.71 Å². The van der Waals surface area contributed by atoms with E-state index in [1.54, 1.807) is 0 Å². The zero-order chi connectivity index (χ0) is 10.2. The van der Waals surface area contributed by atoms with Crippen molar-refractivity contribution in [1.82, 2.24) is 0 Å². The Kier molecular flexibility index (Phi) is 2.18. The third kappa shape index (κ3) is 1.47. The van der Waals surface area contributed by atoms with E-state index in [-0.39, 0.29) is 5.54 Å². The van der Waals surface area contributed by atoms with Gasteiger partial charge < -0.3 is 0 Å². The highest BCUT2D eigenvalue weighted by molar-refractivity contribution is 6.01. The Labute approximate surface area is 85.9 Å². The van der Waals surface area contributed by atoms with Crippen LogP contribution in [-0.4, -0.2) is 11.3 Å². The van der Waals surface area contributed by atoms with Gasteiger partial charge in [-0.25, -0.2) is 0 Å². The predicted octanol–water partition coefficient (Wildman–Crippen LogP) is 3.22. The highest BCUT2D eigenvalue weighted by Gasteiger charge is 2.27. The molecule has 0 radical (unpaired) electrons. The average Bonchev–Trinajstić information content (AvgIpc) is 2.18. The van der Waals surface area contributed by atoms with Gasteiger partial charge in [-0.15, -0.1) is 0 Å². The van der Waals surface area contributed by atoms with E-state index in [2.05, 4.69) is 45.0 Å². The van der Waals surface area contributed by atoms with Gasteiger partial charge >= 0.3 is 0 Å². The molecule has 1 nitrogen and oxygen atoms in total. The Morgan fingerprint density at radius 2 is 2.07 bits per heavy atom. The SMILES string of the molecule is CCC1(C)Cc2ccccc2C(C)=N1. The highest BCUT2D eigenvalue weighted by Crippen LogP contribution is 2.29. The van der Waals surface area contributed by atoms with Crippen molar-refractivity contribution in [3.05, 3.63) is 35.4 Å². The minimum absolute atomic E-state index is 0.123. The van der Waals surface area contributed by atoms with Crippen molar-refractivity contribution in [2.24, 2.45) is 4.99 Å². The fraction of sp³-hybridized carbons (Fsp3) is 0.462. The van der Waals surface area contributed by atoms with Crippen molar-refractivity contribution in [3.8, 4) is 0 Å². The van der Waals surface area contributed by atoms with Crippen LogP contribution in [0.1, 0.15) is 38.3 Å². The number of benzene rings is 1. The largest absolute Gasteiger partial charge is 0.283 e. The van der Waals surface area contributed by atoms with Gasteiger partial charge in [0.25, 0.3) is 0 Å². The van der Waals surface area contributed by atoms with Crippen LogP contribution in [0, 0.1) is 0 Å². The number of nitrogens with zero attached hydrogens (tertiary/aromatic N) is 1. The highest BCUT2D eigenvalue weighted by atomic mass is 14.9. The molecule has 0 bridgehead atoms. The van der Waals surface area contributed by atoms with Crippen LogP contribution in [0.5, 0.6) is 0 Å². The Morgan fingerprint density at radius 1 is 1.36 bits per heavy atom. The molecule has 0 spiro atoms. The molecule has 1 atom stereocenters. The zero-order valence-corrected chi connectivity index (χ0v) is 9.17. The summed E-state index contributed by atoms with van der Waals surface area (Å²) in [4.78, 5) is 4.79. The lowest BCUT2D eigenvalue weighted by Gasteiger charge is -2.30. The molecule has 1 aromatic carbocycles. The van der Waals surface area contributed by atoms with E-state index in [0.717, 1.165) is 12.8 Å². The van der Waals surface area contributed by atoms with Crippen molar-refractivity contribution >= 4 is 5.71 Å². The van der Waals surface area contributed by atoms with Crippen molar-refractivity contribution in [2.75, 3.05) is 0 Å². The maximum atomic E-state index is 4.79. The van der Waals surface area contributed by atoms with Gasteiger partial charge in [0.15, 0.2) is 0 Å². The van der Waals surface area contributed by atoms with Crippen LogP contribution in [0.3, 0.4) is 0 Å². The first-order valence-electron chi connectivity index (χ1n) is 5.29. The van der Waals surface area contributed by atoms with Gasteiger partial charge in [-0.1, -0.05) is 31.2 Å². The second kappa shape index (κ2) is 3.23. The van der Waals surface area contributed by atoms with E-state index < -0.39 is 0 Å². The maximum absolute atomic E-state index is 4.79. The van der Waals surface area contributed by atoms with Gasteiger partial charge in [0.05, 0.1) is 5.54 Å². The first-order chi connectivity index (χ1) is 6.64. The molecular weight excluding hydrogens is 170 g/mol. The van der Waals surface area contributed by atoms with Gasteiger partial charge in [-0.2, -0.15) is 0 Å². The number of hydrogen-bond acceptors (Lipinski definition) is 1.